The molecule has 0 spiro atoms. The standard InChI is InChI=1S/C23H25BrClN3O5/c1-4-32-20(29)13-33-19-9-8-15(10-18(19)24)12-26-28-23(31)21(14(2)3)27-22(30)16-6-5-7-17(25)11-16/h5-12,14,21H,4,13H2,1-3H3,(H,27,30)(H,28,31)/b26-12+. The van der Waals surface area contributed by atoms with Crippen molar-refractivity contribution in [3.05, 3.63) is 63.1 Å². The van der Waals surface area contributed by atoms with Crippen LogP contribution in [-0.2, 0) is 14.3 Å². The summed E-state index contributed by atoms with van der Waals surface area (Å²) in [6, 6.07) is 10.8. The Morgan fingerprint density at radius 2 is 1.94 bits per heavy atom. The molecule has 0 aliphatic rings. The number of amides is 2. The summed E-state index contributed by atoms with van der Waals surface area (Å²) in [4.78, 5) is 36.5. The minimum atomic E-state index is -0.793. The molecule has 2 rings (SSSR count). The first-order valence-electron chi connectivity index (χ1n) is 10.2. The third-order valence-electron chi connectivity index (χ3n) is 4.32. The molecule has 2 amide bonds. The van der Waals surface area contributed by atoms with Gasteiger partial charge in [-0.1, -0.05) is 31.5 Å². The van der Waals surface area contributed by atoms with E-state index < -0.39 is 23.8 Å². The average Bonchev–Trinajstić information content (AvgIpc) is 2.76. The molecule has 33 heavy (non-hydrogen) atoms. The lowest BCUT2D eigenvalue weighted by atomic mass is 10.0. The number of rotatable bonds is 10. The van der Waals surface area contributed by atoms with Gasteiger partial charge in [-0.25, -0.2) is 10.2 Å². The van der Waals surface area contributed by atoms with Crippen molar-refractivity contribution in [2.24, 2.45) is 11.0 Å². The second-order valence-electron chi connectivity index (χ2n) is 7.22. The third-order valence-corrected chi connectivity index (χ3v) is 5.17. The van der Waals surface area contributed by atoms with Crippen molar-refractivity contribution in [2.45, 2.75) is 26.8 Å². The molecule has 0 radical (unpaired) electrons. The maximum atomic E-state index is 12.6. The van der Waals surface area contributed by atoms with Crippen molar-refractivity contribution in [3.8, 4) is 5.75 Å². The SMILES string of the molecule is CCOC(=O)COc1ccc(/C=N/NC(=O)C(NC(=O)c2cccc(Cl)c2)C(C)C)cc1Br. The molecule has 0 saturated carbocycles. The fourth-order valence-electron chi connectivity index (χ4n) is 2.68. The van der Waals surface area contributed by atoms with E-state index in [1.54, 1.807) is 43.3 Å². The van der Waals surface area contributed by atoms with Crippen LogP contribution in [-0.4, -0.2) is 43.3 Å². The van der Waals surface area contributed by atoms with Gasteiger partial charge in [-0.15, -0.1) is 0 Å². The molecule has 10 heteroatoms. The lowest BCUT2D eigenvalue weighted by Crippen LogP contribution is -2.48. The van der Waals surface area contributed by atoms with Gasteiger partial charge >= 0.3 is 5.97 Å². The molecule has 0 bridgehead atoms. The molecular formula is C23H25BrClN3O5. The van der Waals surface area contributed by atoms with Gasteiger partial charge in [0.1, 0.15) is 11.8 Å². The zero-order valence-corrected chi connectivity index (χ0v) is 20.8. The molecule has 8 nitrogen and oxygen atoms in total. The van der Waals surface area contributed by atoms with Gasteiger partial charge < -0.3 is 14.8 Å². The minimum absolute atomic E-state index is 0.173. The average molecular weight is 539 g/mol. The first kappa shape index (κ1) is 26.3. The summed E-state index contributed by atoms with van der Waals surface area (Å²) in [5.41, 5.74) is 3.49. The number of ether oxygens (including phenoxy) is 2. The van der Waals surface area contributed by atoms with E-state index in [9.17, 15) is 14.4 Å². The van der Waals surface area contributed by atoms with Crippen LogP contribution in [0.3, 0.4) is 0 Å². The highest BCUT2D eigenvalue weighted by Crippen LogP contribution is 2.25. The van der Waals surface area contributed by atoms with E-state index >= 15 is 0 Å². The second kappa shape index (κ2) is 13.0. The van der Waals surface area contributed by atoms with Gasteiger partial charge in [-0.3, -0.25) is 9.59 Å². The lowest BCUT2D eigenvalue weighted by Gasteiger charge is -2.20. The van der Waals surface area contributed by atoms with E-state index in [-0.39, 0.29) is 19.1 Å². The Morgan fingerprint density at radius 3 is 2.58 bits per heavy atom. The maximum absolute atomic E-state index is 12.6. The van der Waals surface area contributed by atoms with Gasteiger partial charge in [0.05, 0.1) is 17.3 Å². The topological polar surface area (TPSA) is 106 Å². The highest BCUT2D eigenvalue weighted by molar-refractivity contribution is 9.10. The van der Waals surface area contributed by atoms with Crippen molar-refractivity contribution in [1.82, 2.24) is 10.7 Å². The highest BCUT2D eigenvalue weighted by atomic mass is 79.9. The van der Waals surface area contributed by atoms with E-state index in [1.807, 2.05) is 13.8 Å². The van der Waals surface area contributed by atoms with Gasteiger partial charge in [0.2, 0.25) is 0 Å². The van der Waals surface area contributed by atoms with Crippen molar-refractivity contribution >= 4 is 51.5 Å². The Balaban J connectivity index is 1.96. The first-order chi connectivity index (χ1) is 15.7. The minimum Gasteiger partial charge on any atom is -0.481 e. The van der Waals surface area contributed by atoms with E-state index in [0.29, 0.717) is 26.4 Å². The van der Waals surface area contributed by atoms with Crippen molar-refractivity contribution < 1.29 is 23.9 Å². The molecule has 0 aliphatic carbocycles. The number of carbonyl (C=O) groups is 3. The van der Waals surface area contributed by atoms with Crippen molar-refractivity contribution in [3.63, 3.8) is 0 Å². The third kappa shape index (κ3) is 8.51. The summed E-state index contributed by atoms with van der Waals surface area (Å²) >= 11 is 9.30. The Kier molecular flexibility index (Phi) is 10.3. The molecule has 0 heterocycles. The zero-order chi connectivity index (χ0) is 24.4. The highest BCUT2D eigenvalue weighted by Gasteiger charge is 2.24. The quantitative estimate of drug-likeness (QED) is 0.271. The first-order valence-corrected chi connectivity index (χ1v) is 11.4. The molecule has 1 unspecified atom stereocenters. The number of esters is 1. The second-order valence-corrected chi connectivity index (χ2v) is 8.51. The van der Waals surface area contributed by atoms with E-state index in [0.717, 1.165) is 0 Å². The van der Waals surface area contributed by atoms with Crippen LogP contribution in [0.5, 0.6) is 5.75 Å². The molecule has 0 saturated heterocycles. The van der Waals surface area contributed by atoms with Crippen LogP contribution in [0.15, 0.2) is 52.0 Å². The van der Waals surface area contributed by atoms with E-state index in [1.165, 1.54) is 12.3 Å². The Labute approximate surface area is 205 Å². The van der Waals surface area contributed by atoms with Crippen LogP contribution in [0.25, 0.3) is 0 Å². The Bertz CT molecular complexity index is 1030. The molecule has 2 aromatic carbocycles. The van der Waals surface area contributed by atoms with E-state index in [4.69, 9.17) is 21.1 Å². The summed E-state index contributed by atoms with van der Waals surface area (Å²) in [5, 5.41) is 7.12. The van der Waals surface area contributed by atoms with Gasteiger partial charge in [-0.05, 0) is 70.7 Å². The fourth-order valence-corrected chi connectivity index (χ4v) is 3.38. The largest absolute Gasteiger partial charge is 0.481 e. The molecule has 0 fully saturated rings. The number of carbonyl (C=O) groups excluding carboxylic acids is 3. The fraction of sp³-hybridized carbons (Fsp3) is 0.304. The predicted molar refractivity (Wildman–Crippen MR) is 130 cm³/mol. The monoisotopic (exact) mass is 537 g/mol. The molecular weight excluding hydrogens is 514 g/mol. The van der Waals surface area contributed by atoms with Gasteiger partial charge in [0.25, 0.3) is 11.8 Å². The van der Waals surface area contributed by atoms with Gasteiger partial charge in [0.15, 0.2) is 6.61 Å². The zero-order valence-electron chi connectivity index (χ0n) is 18.4. The summed E-state index contributed by atoms with van der Waals surface area (Å²) in [7, 11) is 0. The number of benzene rings is 2. The molecule has 0 aliphatic heterocycles. The van der Waals surface area contributed by atoms with Crippen LogP contribution >= 0.6 is 27.5 Å². The van der Waals surface area contributed by atoms with E-state index in [2.05, 4.69) is 31.8 Å². The molecule has 0 aromatic heterocycles. The summed E-state index contributed by atoms with van der Waals surface area (Å²) < 4.78 is 10.8. The Morgan fingerprint density at radius 1 is 1.18 bits per heavy atom. The normalized spacial score (nSPS) is 11.8. The summed E-state index contributed by atoms with van der Waals surface area (Å²) in [5.74, 6) is -1.02. The number of hydrogen-bond donors (Lipinski definition) is 2. The van der Waals surface area contributed by atoms with Crippen LogP contribution in [0.2, 0.25) is 5.02 Å². The molecule has 2 N–H and O–H groups in total. The van der Waals surface area contributed by atoms with Gasteiger partial charge in [0, 0.05) is 10.6 Å². The Hall–Kier alpha value is -2.91. The maximum Gasteiger partial charge on any atom is 0.344 e. The van der Waals surface area contributed by atoms with Crippen LogP contribution in [0, 0.1) is 5.92 Å². The van der Waals surface area contributed by atoms with Crippen LogP contribution in [0.4, 0.5) is 0 Å². The molecule has 2 aromatic rings. The smallest absolute Gasteiger partial charge is 0.344 e. The molecule has 176 valence electrons. The number of hydrogen-bond acceptors (Lipinski definition) is 6. The number of halogens is 2. The van der Waals surface area contributed by atoms with Crippen molar-refractivity contribution in [1.29, 1.82) is 0 Å². The summed E-state index contributed by atoms with van der Waals surface area (Å²) in [6.45, 7) is 5.44. The van der Waals surface area contributed by atoms with Crippen molar-refractivity contribution in [2.75, 3.05) is 13.2 Å². The van der Waals surface area contributed by atoms with Gasteiger partial charge in [-0.2, -0.15) is 5.10 Å². The predicted octanol–water partition coefficient (Wildman–Crippen LogP) is 3.95. The number of nitrogens with one attached hydrogen (secondary N) is 2. The molecule has 1 atom stereocenters. The number of nitrogens with zero attached hydrogens (tertiary/aromatic N) is 1. The summed E-state index contributed by atoms with van der Waals surface area (Å²) in [6.07, 6.45) is 1.45. The van der Waals surface area contributed by atoms with Crippen LogP contribution in [0.1, 0.15) is 36.7 Å². The van der Waals surface area contributed by atoms with Crippen LogP contribution < -0.4 is 15.5 Å². The lowest BCUT2D eigenvalue weighted by molar-refractivity contribution is -0.145. The number of hydrazone groups is 1.